The van der Waals surface area contributed by atoms with Crippen molar-refractivity contribution >= 4 is 23.0 Å². The Balaban J connectivity index is 1.68. The first-order valence-corrected chi connectivity index (χ1v) is 10.0. The summed E-state index contributed by atoms with van der Waals surface area (Å²) in [5, 5.41) is 3.27. The highest BCUT2D eigenvalue weighted by Crippen LogP contribution is 2.23. The molecule has 1 aromatic heterocycles. The maximum absolute atomic E-state index is 12.8. The summed E-state index contributed by atoms with van der Waals surface area (Å²) in [6, 6.07) is 14.5. The summed E-state index contributed by atoms with van der Waals surface area (Å²) in [6.07, 6.45) is -0.302. The van der Waals surface area contributed by atoms with E-state index in [-0.39, 0.29) is 12.5 Å². The summed E-state index contributed by atoms with van der Waals surface area (Å²) >= 11 is 0. The number of carbonyl (C=O) groups excluding carboxylic acids is 2. The summed E-state index contributed by atoms with van der Waals surface area (Å²) in [7, 11) is 0. The Morgan fingerprint density at radius 2 is 1.81 bits per heavy atom. The highest BCUT2D eigenvalue weighted by molar-refractivity contribution is 5.85. The number of hydrogen-bond acceptors (Lipinski definition) is 6. The second-order valence-corrected chi connectivity index (χ2v) is 7.72. The monoisotopic (exact) mass is 423 g/mol. The van der Waals surface area contributed by atoms with Crippen molar-refractivity contribution in [2.75, 3.05) is 0 Å². The molecule has 0 fully saturated rings. The molecule has 0 radical (unpaired) electrons. The molecule has 1 atom stereocenters. The molecule has 31 heavy (non-hydrogen) atoms. The van der Waals surface area contributed by atoms with Gasteiger partial charge in [-0.25, -0.2) is 14.4 Å². The highest BCUT2D eigenvalue weighted by Gasteiger charge is 2.25. The van der Waals surface area contributed by atoms with Gasteiger partial charge in [-0.3, -0.25) is 0 Å². The zero-order chi connectivity index (χ0) is 22.4. The predicted molar refractivity (Wildman–Crippen MR) is 116 cm³/mol. The third-order valence-electron chi connectivity index (χ3n) is 4.64. The smallest absolute Gasteiger partial charge is 0.408 e. The van der Waals surface area contributed by atoms with Crippen LogP contribution in [0, 0.1) is 12.8 Å². The predicted octanol–water partition coefficient (Wildman–Crippen LogP) is 4.35. The Morgan fingerprint density at radius 3 is 2.52 bits per heavy atom. The first-order valence-electron chi connectivity index (χ1n) is 10.0. The number of esters is 1. The molecule has 0 aliphatic rings. The number of aryl methyl sites for hydroxylation is 1. The standard InChI is InChI=1S/C24H25NO6/c1-15(2)11-20(25-24(28)29-14-17-7-5-4-6-8-17)23(27)30-18-9-10-21-19(13-18)16(3)12-22(26)31-21/h4-10,12-13,15,20H,11,14H2,1-3H3,(H,25,28). The van der Waals surface area contributed by atoms with Crippen LogP contribution in [0.4, 0.5) is 4.79 Å². The maximum atomic E-state index is 12.8. The lowest BCUT2D eigenvalue weighted by Gasteiger charge is -2.19. The molecule has 1 heterocycles. The first-order chi connectivity index (χ1) is 14.8. The Morgan fingerprint density at radius 1 is 1.06 bits per heavy atom. The van der Waals surface area contributed by atoms with Crippen molar-refractivity contribution in [1.82, 2.24) is 5.32 Å². The minimum Gasteiger partial charge on any atom is -0.445 e. The van der Waals surface area contributed by atoms with Gasteiger partial charge in [-0.2, -0.15) is 0 Å². The molecule has 0 bridgehead atoms. The van der Waals surface area contributed by atoms with Crippen LogP contribution in [0.5, 0.6) is 5.75 Å². The van der Waals surface area contributed by atoms with E-state index in [1.165, 1.54) is 6.07 Å². The van der Waals surface area contributed by atoms with Gasteiger partial charge >= 0.3 is 17.7 Å². The van der Waals surface area contributed by atoms with Crippen molar-refractivity contribution < 1.29 is 23.5 Å². The SMILES string of the molecule is Cc1cc(=O)oc2ccc(OC(=O)C(CC(C)C)NC(=O)OCc3ccccc3)cc12. The third kappa shape index (κ3) is 6.18. The van der Waals surface area contributed by atoms with E-state index in [0.29, 0.717) is 28.7 Å². The van der Waals surface area contributed by atoms with E-state index in [2.05, 4.69) is 5.32 Å². The van der Waals surface area contributed by atoms with Crippen LogP contribution in [-0.2, 0) is 16.1 Å². The minimum absolute atomic E-state index is 0.102. The molecule has 0 spiro atoms. The fourth-order valence-electron chi connectivity index (χ4n) is 3.14. The van der Waals surface area contributed by atoms with Crippen LogP contribution in [0.1, 0.15) is 31.4 Å². The van der Waals surface area contributed by atoms with Gasteiger partial charge in [0.15, 0.2) is 0 Å². The van der Waals surface area contributed by atoms with Crippen molar-refractivity contribution in [2.24, 2.45) is 5.92 Å². The lowest BCUT2D eigenvalue weighted by Crippen LogP contribution is -2.44. The molecule has 3 aromatic rings. The Bertz CT molecular complexity index is 1120. The van der Waals surface area contributed by atoms with Crippen LogP contribution >= 0.6 is 0 Å². The second kappa shape index (κ2) is 9.93. The molecule has 1 N–H and O–H groups in total. The minimum atomic E-state index is -0.867. The average molecular weight is 423 g/mol. The zero-order valence-electron chi connectivity index (χ0n) is 17.7. The van der Waals surface area contributed by atoms with Crippen LogP contribution in [0.3, 0.4) is 0 Å². The van der Waals surface area contributed by atoms with E-state index in [1.807, 2.05) is 44.2 Å². The van der Waals surface area contributed by atoms with Crippen molar-refractivity contribution in [3.8, 4) is 5.75 Å². The van der Waals surface area contributed by atoms with E-state index >= 15 is 0 Å². The summed E-state index contributed by atoms with van der Waals surface area (Å²) in [5.41, 5.74) is 1.53. The number of fused-ring (bicyclic) bond motifs is 1. The maximum Gasteiger partial charge on any atom is 0.408 e. The van der Waals surface area contributed by atoms with Gasteiger partial charge < -0.3 is 19.2 Å². The van der Waals surface area contributed by atoms with Crippen molar-refractivity contribution in [2.45, 2.75) is 39.8 Å². The fourth-order valence-corrected chi connectivity index (χ4v) is 3.14. The van der Waals surface area contributed by atoms with Gasteiger partial charge in [0.25, 0.3) is 0 Å². The van der Waals surface area contributed by atoms with E-state index < -0.39 is 23.7 Å². The van der Waals surface area contributed by atoms with Crippen LogP contribution in [0.2, 0.25) is 0 Å². The van der Waals surface area contributed by atoms with Gasteiger partial charge in [0, 0.05) is 11.5 Å². The fraction of sp³-hybridized carbons (Fsp3) is 0.292. The molecule has 0 saturated heterocycles. The summed E-state index contributed by atoms with van der Waals surface area (Å²) in [6.45, 7) is 5.76. The summed E-state index contributed by atoms with van der Waals surface area (Å²) in [4.78, 5) is 36.5. The van der Waals surface area contributed by atoms with E-state index in [4.69, 9.17) is 13.9 Å². The summed E-state index contributed by atoms with van der Waals surface area (Å²) < 4.78 is 15.9. The second-order valence-electron chi connectivity index (χ2n) is 7.72. The van der Waals surface area contributed by atoms with Crippen LogP contribution in [0.25, 0.3) is 11.0 Å². The first kappa shape index (κ1) is 22.1. The zero-order valence-corrected chi connectivity index (χ0v) is 17.7. The molecule has 7 heteroatoms. The molecule has 0 aliphatic carbocycles. The van der Waals surface area contributed by atoms with Gasteiger partial charge in [0.1, 0.15) is 24.0 Å². The van der Waals surface area contributed by atoms with Gasteiger partial charge in [-0.1, -0.05) is 44.2 Å². The number of hydrogen-bond donors (Lipinski definition) is 1. The van der Waals surface area contributed by atoms with Gasteiger partial charge in [-0.15, -0.1) is 0 Å². The lowest BCUT2D eigenvalue weighted by molar-refractivity contribution is -0.137. The Kier molecular flexibility index (Phi) is 7.07. The molecule has 0 aliphatic heterocycles. The molecule has 1 unspecified atom stereocenters. The van der Waals surface area contributed by atoms with E-state index in [9.17, 15) is 14.4 Å². The van der Waals surface area contributed by atoms with Crippen molar-refractivity contribution in [3.05, 3.63) is 76.1 Å². The normalized spacial score (nSPS) is 11.9. The molecular weight excluding hydrogens is 398 g/mol. The molecule has 1 amide bonds. The van der Waals surface area contributed by atoms with Gasteiger partial charge in [0.05, 0.1) is 0 Å². The van der Waals surface area contributed by atoms with Crippen LogP contribution in [0.15, 0.2) is 63.8 Å². The molecular formula is C24H25NO6. The molecule has 2 aromatic carbocycles. The number of carbonyl (C=O) groups is 2. The third-order valence-corrected chi connectivity index (χ3v) is 4.64. The number of amides is 1. The highest BCUT2D eigenvalue weighted by atomic mass is 16.6. The average Bonchev–Trinajstić information content (AvgIpc) is 2.72. The Labute approximate surface area is 180 Å². The quantitative estimate of drug-likeness (QED) is 0.345. The van der Waals surface area contributed by atoms with E-state index in [1.54, 1.807) is 25.1 Å². The topological polar surface area (TPSA) is 94.8 Å². The summed E-state index contributed by atoms with van der Waals surface area (Å²) in [5.74, 6) is -0.164. The Hall–Kier alpha value is -3.61. The van der Waals surface area contributed by atoms with Gasteiger partial charge in [0.2, 0.25) is 0 Å². The molecule has 162 valence electrons. The number of rotatable bonds is 7. The number of ether oxygens (including phenoxy) is 2. The molecule has 3 rings (SSSR count). The van der Waals surface area contributed by atoms with Crippen LogP contribution < -0.4 is 15.7 Å². The number of nitrogens with one attached hydrogen (secondary N) is 1. The molecule has 7 nitrogen and oxygen atoms in total. The van der Waals surface area contributed by atoms with Crippen molar-refractivity contribution in [3.63, 3.8) is 0 Å². The van der Waals surface area contributed by atoms with Crippen molar-refractivity contribution in [1.29, 1.82) is 0 Å². The number of alkyl carbamates (subject to hydrolysis) is 1. The number of benzene rings is 2. The largest absolute Gasteiger partial charge is 0.445 e. The lowest BCUT2D eigenvalue weighted by atomic mass is 10.0. The van der Waals surface area contributed by atoms with E-state index in [0.717, 1.165) is 5.56 Å². The van der Waals surface area contributed by atoms with Crippen LogP contribution in [-0.4, -0.2) is 18.1 Å². The molecule has 0 saturated carbocycles. The van der Waals surface area contributed by atoms with Gasteiger partial charge in [-0.05, 0) is 48.6 Å².